The summed E-state index contributed by atoms with van der Waals surface area (Å²) in [5.74, 6) is 1.89. The first kappa shape index (κ1) is 13.5. The molecule has 0 fully saturated rings. The third-order valence-corrected chi connectivity index (χ3v) is 3.44. The molecular weight excluding hydrogens is 264 g/mol. The summed E-state index contributed by atoms with van der Waals surface area (Å²) in [6.45, 7) is 2.86. The number of aromatic nitrogens is 5. The van der Waals surface area contributed by atoms with Crippen molar-refractivity contribution in [1.82, 2.24) is 29.4 Å². The second kappa shape index (κ2) is 5.88. The average molecular weight is 282 g/mol. The Morgan fingerprint density at radius 2 is 2.10 bits per heavy atom. The smallest absolute Gasteiger partial charge is 0.137 e. The number of hydrogen-bond acceptors (Lipinski definition) is 4. The normalized spacial score (nSPS) is 12.5. The van der Waals surface area contributed by atoms with Gasteiger partial charge in [0.05, 0.1) is 6.04 Å². The van der Waals surface area contributed by atoms with Crippen LogP contribution in [0.15, 0.2) is 49.4 Å². The number of nitrogens with zero attached hydrogens (tertiary/aromatic N) is 5. The van der Waals surface area contributed by atoms with Crippen molar-refractivity contribution >= 4 is 0 Å². The van der Waals surface area contributed by atoms with Gasteiger partial charge in [-0.3, -0.25) is 4.57 Å². The van der Waals surface area contributed by atoms with Crippen molar-refractivity contribution in [2.45, 2.75) is 19.5 Å². The molecule has 1 unspecified atom stereocenters. The largest absolute Gasteiger partial charge is 0.337 e. The minimum atomic E-state index is 0.193. The number of pyridine rings is 1. The fourth-order valence-electron chi connectivity index (χ4n) is 2.23. The molecule has 0 amide bonds. The molecule has 0 aliphatic carbocycles. The Kier molecular flexibility index (Phi) is 3.79. The van der Waals surface area contributed by atoms with Crippen molar-refractivity contribution in [3.8, 4) is 5.82 Å². The molecule has 0 bridgehead atoms. The third-order valence-electron chi connectivity index (χ3n) is 3.44. The van der Waals surface area contributed by atoms with Gasteiger partial charge in [-0.15, -0.1) is 0 Å². The van der Waals surface area contributed by atoms with Gasteiger partial charge < -0.3 is 9.88 Å². The highest BCUT2D eigenvalue weighted by Crippen LogP contribution is 2.10. The zero-order valence-electron chi connectivity index (χ0n) is 12.1. The van der Waals surface area contributed by atoms with Crippen molar-refractivity contribution in [3.05, 3.63) is 60.8 Å². The van der Waals surface area contributed by atoms with Gasteiger partial charge in [0.1, 0.15) is 18.0 Å². The van der Waals surface area contributed by atoms with Gasteiger partial charge in [-0.25, -0.2) is 15.0 Å². The molecule has 3 aromatic rings. The van der Waals surface area contributed by atoms with Gasteiger partial charge in [0.25, 0.3) is 0 Å². The van der Waals surface area contributed by atoms with Gasteiger partial charge in [-0.2, -0.15) is 0 Å². The predicted molar refractivity (Wildman–Crippen MR) is 79.8 cm³/mol. The van der Waals surface area contributed by atoms with Crippen LogP contribution in [0.2, 0.25) is 0 Å². The van der Waals surface area contributed by atoms with Crippen LogP contribution >= 0.6 is 0 Å². The first-order valence-corrected chi connectivity index (χ1v) is 6.88. The Hall–Kier alpha value is -2.47. The minimum absolute atomic E-state index is 0.193. The average Bonchev–Trinajstić information content (AvgIpc) is 3.16. The monoisotopic (exact) mass is 282 g/mol. The Morgan fingerprint density at radius 3 is 2.71 bits per heavy atom. The summed E-state index contributed by atoms with van der Waals surface area (Å²) in [5, 5.41) is 3.45. The van der Waals surface area contributed by atoms with Crippen LogP contribution < -0.4 is 5.32 Å². The summed E-state index contributed by atoms with van der Waals surface area (Å²) in [6, 6.07) is 4.25. The molecule has 0 spiro atoms. The van der Waals surface area contributed by atoms with Crippen LogP contribution in [0.1, 0.15) is 24.4 Å². The van der Waals surface area contributed by atoms with Crippen LogP contribution in [0, 0.1) is 0 Å². The predicted octanol–water partition coefficient (Wildman–Crippen LogP) is 1.85. The van der Waals surface area contributed by atoms with Crippen molar-refractivity contribution in [2.24, 2.45) is 7.05 Å². The molecule has 6 heteroatoms. The maximum atomic E-state index is 4.44. The van der Waals surface area contributed by atoms with Crippen LogP contribution in [0.4, 0.5) is 0 Å². The molecule has 0 aliphatic rings. The van der Waals surface area contributed by atoms with Crippen molar-refractivity contribution in [2.75, 3.05) is 0 Å². The van der Waals surface area contributed by atoms with E-state index in [4.69, 9.17) is 0 Å². The lowest BCUT2D eigenvalue weighted by atomic mass is 10.2. The number of imidazole rings is 2. The molecule has 0 saturated heterocycles. The molecule has 1 atom stereocenters. The van der Waals surface area contributed by atoms with Crippen LogP contribution in [0.3, 0.4) is 0 Å². The second-order valence-electron chi connectivity index (χ2n) is 4.99. The number of aryl methyl sites for hydroxylation is 1. The number of rotatable bonds is 5. The van der Waals surface area contributed by atoms with Crippen LogP contribution in [-0.4, -0.2) is 24.1 Å². The van der Waals surface area contributed by atoms with Crippen molar-refractivity contribution in [3.63, 3.8) is 0 Å². The number of nitrogens with one attached hydrogen (secondary N) is 1. The quantitative estimate of drug-likeness (QED) is 0.776. The van der Waals surface area contributed by atoms with E-state index in [-0.39, 0.29) is 6.04 Å². The molecule has 3 aromatic heterocycles. The molecule has 0 aromatic carbocycles. The lowest BCUT2D eigenvalue weighted by Gasteiger charge is -2.13. The lowest BCUT2D eigenvalue weighted by molar-refractivity contribution is 0.529. The summed E-state index contributed by atoms with van der Waals surface area (Å²) >= 11 is 0. The Morgan fingerprint density at radius 1 is 1.19 bits per heavy atom. The van der Waals surface area contributed by atoms with Crippen LogP contribution in [0.5, 0.6) is 0 Å². The summed E-state index contributed by atoms with van der Waals surface area (Å²) < 4.78 is 3.91. The zero-order chi connectivity index (χ0) is 14.7. The highest BCUT2D eigenvalue weighted by Gasteiger charge is 2.09. The third kappa shape index (κ3) is 3.00. The molecule has 108 valence electrons. The summed E-state index contributed by atoms with van der Waals surface area (Å²) in [7, 11) is 2.00. The van der Waals surface area contributed by atoms with E-state index in [1.165, 1.54) is 0 Å². The van der Waals surface area contributed by atoms with Gasteiger partial charge in [-0.1, -0.05) is 6.07 Å². The maximum absolute atomic E-state index is 4.44. The maximum Gasteiger partial charge on any atom is 0.137 e. The molecule has 3 rings (SSSR count). The molecule has 21 heavy (non-hydrogen) atoms. The van der Waals surface area contributed by atoms with Crippen molar-refractivity contribution < 1.29 is 0 Å². The lowest BCUT2D eigenvalue weighted by Crippen LogP contribution is -2.21. The number of hydrogen-bond donors (Lipinski definition) is 1. The van der Waals surface area contributed by atoms with E-state index in [9.17, 15) is 0 Å². The molecule has 0 saturated carbocycles. The minimum Gasteiger partial charge on any atom is -0.337 e. The SMILES string of the molecule is CC(NCc1ccc(-n2ccnc2)nc1)c1nccn1C. The Balaban J connectivity index is 1.62. The highest BCUT2D eigenvalue weighted by atomic mass is 15.1. The molecule has 0 aliphatic heterocycles. The zero-order valence-corrected chi connectivity index (χ0v) is 12.1. The van der Waals surface area contributed by atoms with E-state index in [0.717, 1.165) is 23.8 Å². The van der Waals surface area contributed by atoms with E-state index in [1.807, 2.05) is 47.0 Å². The van der Waals surface area contributed by atoms with E-state index in [2.05, 4.69) is 33.3 Å². The van der Waals surface area contributed by atoms with E-state index in [0.29, 0.717) is 0 Å². The van der Waals surface area contributed by atoms with Gasteiger partial charge in [-0.05, 0) is 18.6 Å². The van der Waals surface area contributed by atoms with E-state index >= 15 is 0 Å². The van der Waals surface area contributed by atoms with Crippen molar-refractivity contribution in [1.29, 1.82) is 0 Å². The second-order valence-corrected chi connectivity index (χ2v) is 4.99. The molecule has 0 radical (unpaired) electrons. The first-order valence-electron chi connectivity index (χ1n) is 6.88. The topological polar surface area (TPSA) is 60.6 Å². The molecule has 3 heterocycles. The summed E-state index contributed by atoms with van der Waals surface area (Å²) in [6.07, 6.45) is 11.0. The fraction of sp³-hybridized carbons (Fsp3) is 0.267. The van der Waals surface area contributed by atoms with Gasteiger partial charge in [0, 0.05) is 44.6 Å². The molecule has 1 N–H and O–H groups in total. The standard InChI is InChI=1S/C15H18N6/c1-12(15-17-6-7-20(15)2)18-9-13-3-4-14(19-10-13)21-8-5-16-11-21/h3-8,10-12,18H,9H2,1-2H3. The van der Waals surface area contributed by atoms with Gasteiger partial charge in [0.2, 0.25) is 0 Å². The Labute approximate surface area is 123 Å². The fourth-order valence-corrected chi connectivity index (χ4v) is 2.23. The summed E-state index contributed by atoms with van der Waals surface area (Å²) in [4.78, 5) is 12.8. The van der Waals surface area contributed by atoms with E-state index < -0.39 is 0 Å². The summed E-state index contributed by atoms with van der Waals surface area (Å²) in [5.41, 5.74) is 1.14. The Bertz CT molecular complexity index is 683. The van der Waals surface area contributed by atoms with E-state index in [1.54, 1.807) is 12.5 Å². The highest BCUT2D eigenvalue weighted by molar-refractivity contribution is 5.25. The molecule has 6 nitrogen and oxygen atoms in total. The first-order chi connectivity index (χ1) is 10.2. The van der Waals surface area contributed by atoms with Gasteiger partial charge >= 0.3 is 0 Å². The van der Waals surface area contributed by atoms with Gasteiger partial charge in [0.15, 0.2) is 0 Å². The van der Waals surface area contributed by atoms with Crippen LogP contribution in [-0.2, 0) is 13.6 Å². The molecular formula is C15H18N6. The van der Waals surface area contributed by atoms with Crippen LogP contribution in [0.25, 0.3) is 5.82 Å².